The Kier molecular flexibility index (Phi) is 6.04. The summed E-state index contributed by atoms with van der Waals surface area (Å²) in [5, 5.41) is 3.14. The van der Waals surface area contributed by atoms with Gasteiger partial charge in [-0.05, 0) is 69.8 Å². The number of nitrogens with zero attached hydrogens (tertiary/aromatic N) is 1. The highest BCUT2D eigenvalue weighted by atomic mass is 19.1. The van der Waals surface area contributed by atoms with E-state index >= 15 is 0 Å². The highest BCUT2D eigenvalue weighted by molar-refractivity contribution is 5.78. The molecule has 1 aromatic carbocycles. The summed E-state index contributed by atoms with van der Waals surface area (Å²) in [6.07, 6.45) is 3.17. The standard InChI is InChI=1S/C19H29FN4O/c1-13-19(14(2)23-22-13)21-18(25)12-24-9-7-16(8-10-24)11-15-3-5-17(20)6-4-15/h3-6,13-14,16,19,22-23H,7-12H2,1-2H3,(H,21,25). The molecular weight excluding hydrogens is 319 g/mol. The van der Waals surface area contributed by atoms with Crippen molar-refractivity contribution in [1.29, 1.82) is 0 Å². The second-order valence-electron chi connectivity index (χ2n) is 7.51. The quantitative estimate of drug-likeness (QED) is 0.754. The van der Waals surface area contributed by atoms with Crippen molar-refractivity contribution in [3.8, 4) is 0 Å². The smallest absolute Gasteiger partial charge is 0.234 e. The van der Waals surface area contributed by atoms with Gasteiger partial charge in [0.2, 0.25) is 5.91 Å². The van der Waals surface area contributed by atoms with Crippen molar-refractivity contribution in [3.05, 3.63) is 35.6 Å². The van der Waals surface area contributed by atoms with Crippen molar-refractivity contribution in [2.45, 2.75) is 51.2 Å². The van der Waals surface area contributed by atoms with Gasteiger partial charge in [-0.2, -0.15) is 0 Å². The molecule has 0 radical (unpaired) electrons. The van der Waals surface area contributed by atoms with Crippen LogP contribution in [0, 0.1) is 11.7 Å². The Morgan fingerprint density at radius 3 is 2.36 bits per heavy atom. The molecule has 1 amide bonds. The van der Waals surface area contributed by atoms with Crippen molar-refractivity contribution >= 4 is 5.91 Å². The van der Waals surface area contributed by atoms with Crippen LogP contribution < -0.4 is 16.2 Å². The summed E-state index contributed by atoms with van der Waals surface area (Å²) in [4.78, 5) is 14.6. The third-order valence-electron chi connectivity index (χ3n) is 5.46. The lowest BCUT2D eigenvalue weighted by Gasteiger charge is -2.32. The Labute approximate surface area is 149 Å². The lowest BCUT2D eigenvalue weighted by molar-refractivity contribution is -0.123. The molecule has 0 aliphatic carbocycles. The fourth-order valence-electron chi connectivity index (χ4n) is 3.86. The van der Waals surface area contributed by atoms with Crippen molar-refractivity contribution in [2.75, 3.05) is 19.6 Å². The van der Waals surface area contributed by atoms with E-state index in [1.807, 2.05) is 12.1 Å². The van der Waals surface area contributed by atoms with E-state index in [9.17, 15) is 9.18 Å². The summed E-state index contributed by atoms with van der Waals surface area (Å²) < 4.78 is 13.0. The number of hydrazine groups is 1. The second kappa shape index (κ2) is 8.25. The van der Waals surface area contributed by atoms with E-state index in [0.29, 0.717) is 12.5 Å². The summed E-state index contributed by atoms with van der Waals surface area (Å²) in [5.41, 5.74) is 7.51. The minimum absolute atomic E-state index is 0.103. The Bertz CT molecular complexity index is 561. The van der Waals surface area contributed by atoms with E-state index in [-0.39, 0.29) is 29.8 Å². The fourth-order valence-corrected chi connectivity index (χ4v) is 3.86. The molecule has 0 saturated carbocycles. The zero-order valence-electron chi connectivity index (χ0n) is 15.1. The number of carbonyl (C=O) groups excluding carboxylic acids is 1. The van der Waals surface area contributed by atoms with Gasteiger partial charge in [0.15, 0.2) is 0 Å². The molecule has 3 N–H and O–H groups in total. The van der Waals surface area contributed by atoms with Crippen LogP contribution in [0.2, 0.25) is 0 Å². The van der Waals surface area contributed by atoms with E-state index in [1.54, 1.807) is 0 Å². The highest BCUT2D eigenvalue weighted by Gasteiger charge is 2.31. The maximum Gasteiger partial charge on any atom is 0.234 e. The number of likely N-dealkylation sites (tertiary alicyclic amines) is 1. The van der Waals surface area contributed by atoms with Crippen LogP contribution in [0.5, 0.6) is 0 Å². The first-order valence-corrected chi connectivity index (χ1v) is 9.28. The Morgan fingerprint density at radius 2 is 1.76 bits per heavy atom. The largest absolute Gasteiger partial charge is 0.349 e. The number of hydrogen-bond acceptors (Lipinski definition) is 4. The summed E-state index contributed by atoms with van der Waals surface area (Å²) in [6.45, 7) is 6.51. The average Bonchev–Trinajstić information content (AvgIpc) is 2.90. The molecule has 0 aromatic heterocycles. The van der Waals surface area contributed by atoms with Crippen molar-refractivity contribution < 1.29 is 9.18 Å². The molecule has 25 heavy (non-hydrogen) atoms. The number of amides is 1. The molecule has 0 bridgehead atoms. The maximum absolute atomic E-state index is 13.0. The van der Waals surface area contributed by atoms with E-state index in [1.165, 1.54) is 17.7 Å². The van der Waals surface area contributed by atoms with Gasteiger partial charge in [-0.25, -0.2) is 4.39 Å². The Morgan fingerprint density at radius 1 is 1.16 bits per heavy atom. The predicted molar refractivity (Wildman–Crippen MR) is 96.4 cm³/mol. The van der Waals surface area contributed by atoms with E-state index in [0.717, 1.165) is 32.4 Å². The van der Waals surface area contributed by atoms with Gasteiger partial charge in [0.05, 0.1) is 12.6 Å². The monoisotopic (exact) mass is 348 g/mol. The van der Waals surface area contributed by atoms with Crippen LogP contribution in [-0.2, 0) is 11.2 Å². The summed E-state index contributed by atoms with van der Waals surface area (Å²) >= 11 is 0. The van der Waals surface area contributed by atoms with E-state index in [4.69, 9.17) is 0 Å². The topological polar surface area (TPSA) is 56.4 Å². The second-order valence-corrected chi connectivity index (χ2v) is 7.51. The normalized spacial score (nSPS) is 28.2. The fraction of sp³-hybridized carbons (Fsp3) is 0.632. The van der Waals surface area contributed by atoms with Gasteiger partial charge >= 0.3 is 0 Å². The lowest BCUT2D eigenvalue weighted by Crippen LogP contribution is -2.50. The molecule has 2 fully saturated rings. The average molecular weight is 348 g/mol. The lowest BCUT2D eigenvalue weighted by atomic mass is 9.90. The van der Waals surface area contributed by atoms with Gasteiger partial charge in [0.25, 0.3) is 0 Å². The van der Waals surface area contributed by atoms with Crippen LogP contribution in [0.1, 0.15) is 32.3 Å². The molecule has 3 rings (SSSR count). The summed E-state index contributed by atoms with van der Waals surface area (Å²) in [7, 11) is 0. The molecule has 2 saturated heterocycles. The first-order chi connectivity index (χ1) is 12.0. The van der Waals surface area contributed by atoms with Gasteiger partial charge in [0, 0.05) is 12.1 Å². The molecule has 1 aromatic rings. The SMILES string of the molecule is CC1NNC(C)C1NC(=O)CN1CCC(Cc2ccc(F)cc2)CC1. The molecule has 138 valence electrons. The third kappa shape index (κ3) is 5.00. The maximum atomic E-state index is 13.0. The van der Waals surface area contributed by atoms with Gasteiger partial charge in [-0.1, -0.05) is 12.1 Å². The zero-order chi connectivity index (χ0) is 17.8. The van der Waals surface area contributed by atoms with Crippen LogP contribution in [0.25, 0.3) is 0 Å². The number of piperidine rings is 1. The van der Waals surface area contributed by atoms with Gasteiger partial charge in [0.1, 0.15) is 5.82 Å². The Balaban J connectivity index is 1.40. The number of benzene rings is 1. The first kappa shape index (κ1) is 18.3. The number of hydrogen-bond donors (Lipinski definition) is 3. The van der Waals surface area contributed by atoms with Crippen LogP contribution >= 0.6 is 0 Å². The number of halogens is 1. The molecule has 6 heteroatoms. The minimum atomic E-state index is -0.180. The van der Waals surface area contributed by atoms with Crippen LogP contribution in [0.15, 0.2) is 24.3 Å². The molecule has 2 heterocycles. The molecule has 2 aliphatic rings. The molecule has 2 atom stereocenters. The van der Waals surface area contributed by atoms with Crippen LogP contribution in [0.3, 0.4) is 0 Å². The summed E-state index contributed by atoms with van der Waals surface area (Å²) in [6, 6.07) is 7.42. The molecule has 0 spiro atoms. The first-order valence-electron chi connectivity index (χ1n) is 9.28. The van der Waals surface area contributed by atoms with Crippen LogP contribution in [-0.4, -0.2) is 48.6 Å². The minimum Gasteiger partial charge on any atom is -0.349 e. The molecule has 2 aliphatic heterocycles. The predicted octanol–water partition coefficient (Wildman–Crippen LogP) is 1.45. The zero-order valence-corrected chi connectivity index (χ0v) is 15.1. The number of nitrogens with one attached hydrogen (secondary N) is 3. The van der Waals surface area contributed by atoms with Crippen molar-refractivity contribution in [1.82, 2.24) is 21.1 Å². The molecule has 5 nitrogen and oxygen atoms in total. The number of carbonyl (C=O) groups is 1. The Hall–Kier alpha value is -1.50. The van der Waals surface area contributed by atoms with E-state index < -0.39 is 0 Å². The van der Waals surface area contributed by atoms with Gasteiger partial charge in [-0.3, -0.25) is 20.5 Å². The van der Waals surface area contributed by atoms with E-state index in [2.05, 4.69) is 34.9 Å². The highest BCUT2D eigenvalue weighted by Crippen LogP contribution is 2.21. The van der Waals surface area contributed by atoms with Crippen molar-refractivity contribution in [3.63, 3.8) is 0 Å². The van der Waals surface area contributed by atoms with Gasteiger partial charge in [-0.15, -0.1) is 0 Å². The van der Waals surface area contributed by atoms with Gasteiger partial charge < -0.3 is 5.32 Å². The molecular formula is C19H29FN4O. The third-order valence-corrected chi connectivity index (χ3v) is 5.46. The molecule has 2 unspecified atom stereocenters. The summed E-state index contributed by atoms with van der Waals surface area (Å²) in [5.74, 6) is 0.542. The number of rotatable bonds is 5. The van der Waals surface area contributed by atoms with Crippen LogP contribution in [0.4, 0.5) is 4.39 Å². The van der Waals surface area contributed by atoms with Crippen molar-refractivity contribution in [2.24, 2.45) is 5.92 Å².